The summed E-state index contributed by atoms with van der Waals surface area (Å²) >= 11 is 2.11. The van der Waals surface area contributed by atoms with Crippen molar-refractivity contribution in [1.82, 2.24) is 15.1 Å². The maximum Gasteiger partial charge on any atom is 0.0597 e. The molecule has 1 unspecified atom stereocenters. The average Bonchev–Trinajstić information content (AvgIpc) is 2.86. The third-order valence-electron chi connectivity index (χ3n) is 3.39. The molecule has 2 rings (SSSR count). The van der Waals surface area contributed by atoms with E-state index in [4.69, 9.17) is 0 Å². The number of rotatable bonds is 5. The SMILES string of the molecule is CCn1nc(C)cc1CNCC1(C)CCCS1. The van der Waals surface area contributed by atoms with Gasteiger partial charge in [0, 0.05) is 24.4 Å². The van der Waals surface area contributed by atoms with Gasteiger partial charge in [-0.25, -0.2) is 0 Å². The second kappa shape index (κ2) is 5.44. The van der Waals surface area contributed by atoms with Gasteiger partial charge in [0.25, 0.3) is 0 Å². The van der Waals surface area contributed by atoms with Crippen LogP contribution in [0.25, 0.3) is 0 Å². The topological polar surface area (TPSA) is 29.9 Å². The summed E-state index contributed by atoms with van der Waals surface area (Å²) in [5.41, 5.74) is 2.42. The molecule has 17 heavy (non-hydrogen) atoms. The molecule has 1 saturated heterocycles. The predicted molar refractivity (Wildman–Crippen MR) is 74.4 cm³/mol. The Labute approximate surface area is 108 Å². The molecule has 0 aromatic carbocycles. The fourth-order valence-electron chi connectivity index (χ4n) is 2.45. The van der Waals surface area contributed by atoms with Crippen LogP contribution >= 0.6 is 11.8 Å². The number of nitrogens with one attached hydrogen (secondary N) is 1. The van der Waals surface area contributed by atoms with Crippen molar-refractivity contribution in [3.8, 4) is 0 Å². The van der Waals surface area contributed by atoms with Crippen LogP contribution in [0.1, 0.15) is 38.1 Å². The number of thioether (sulfide) groups is 1. The molecule has 1 atom stereocenters. The highest BCUT2D eigenvalue weighted by Crippen LogP contribution is 2.36. The number of aromatic nitrogens is 2. The van der Waals surface area contributed by atoms with E-state index in [1.165, 1.54) is 24.3 Å². The van der Waals surface area contributed by atoms with E-state index in [0.717, 1.165) is 25.3 Å². The van der Waals surface area contributed by atoms with Crippen molar-refractivity contribution < 1.29 is 0 Å². The fraction of sp³-hybridized carbons (Fsp3) is 0.769. The first-order valence-electron chi connectivity index (χ1n) is 6.51. The summed E-state index contributed by atoms with van der Waals surface area (Å²) in [6.45, 7) is 9.57. The smallest absolute Gasteiger partial charge is 0.0597 e. The van der Waals surface area contributed by atoms with Crippen molar-refractivity contribution in [2.45, 2.75) is 51.4 Å². The summed E-state index contributed by atoms with van der Waals surface area (Å²) in [5, 5.41) is 8.06. The van der Waals surface area contributed by atoms with Crippen LogP contribution in [0.15, 0.2) is 6.07 Å². The first kappa shape index (κ1) is 13.0. The Balaban J connectivity index is 1.85. The first-order valence-corrected chi connectivity index (χ1v) is 7.49. The van der Waals surface area contributed by atoms with E-state index < -0.39 is 0 Å². The molecule has 0 bridgehead atoms. The highest BCUT2D eigenvalue weighted by atomic mass is 32.2. The molecule has 0 saturated carbocycles. The average molecular weight is 253 g/mol. The van der Waals surface area contributed by atoms with E-state index in [1.807, 2.05) is 0 Å². The highest BCUT2D eigenvalue weighted by Gasteiger charge is 2.28. The summed E-state index contributed by atoms with van der Waals surface area (Å²) in [4.78, 5) is 0. The lowest BCUT2D eigenvalue weighted by Crippen LogP contribution is -2.33. The van der Waals surface area contributed by atoms with E-state index in [9.17, 15) is 0 Å². The number of hydrogen-bond donors (Lipinski definition) is 1. The molecule has 0 amide bonds. The van der Waals surface area contributed by atoms with Gasteiger partial charge in [-0.05, 0) is 45.4 Å². The molecule has 1 aromatic heterocycles. The molecule has 4 heteroatoms. The summed E-state index contributed by atoms with van der Waals surface area (Å²) in [7, 11) is 0. The van der Waals surface area contributed by atoms with Gasteiger partial charge in [0.1, 0.15) is 0 Å². The van der Waals surface area contributed by atoms with Gasteiger partial charge < -0.3 is 5.32 Å². The molecule has 0 radical (unpaired) electrons. The van der Waals surface area contributed by atoms with Crippen molar-refractivity contribution in [1.29, 1.82) is 0 Å². The Morgan fingerprint density at radius 3 is 3.06 bits per heavy atom. The first-order chi connectivity index (χ1) is 8.13. The minimum Gasteiger partial charge on any atom is -0.310 e. The van der Waals surface area contributed by atoms with Gasteiger partial charge in [-0.15, -0.1) is 0 Å². The zero-order valence-electron chi connectivity index (χ0n) is 11.1. The van der Waals surface area contributed by atoms with Gasteiger partial charge in [-0.3, -0.25) is 4.68 Å². The summed E-state index contributed by atoms with van der Waals surface area (Å²) in [6, 6.07) is 2.18. The van der Waals surface area contributed by atoms with Gasteiger partial charge in [-0.1, -0.05) is 0 Å². The van der Waals surface area contributed by atoms with Crippen molar-refractivity contribution in [2.24, 2.45) is 0 Å². The summed E-state index contributed by atoms with van der Waals surface area (Å²) < 4.78 is 2.54. The van der Waals surface area contributed by atoms with Crippen molar-refractivity contribution in [3.63, 3.8) is 0 Å². The molecular weight excluding hydrogens is 230 g/mol. The quantitative estimate of drug-likeness (QED) is 0.875. The normalized spacial score (nSPS) is 24.4. The van der Waals surface area contributed by atoms with Crippen molar-refractivity contribution >= 4 is 11.8 Å². The Hall–Kier alpha value is -0.480. The predicted octanol–water partition coefficient (Wildman–Crippen LogP) is 2.59. The standard InChI is InChI=1S/C13H23N3S/c1-4-16-12(8-11(2)15-16)9-14-10-13(3)6-5-7-17-13/h8,14H,4-7,9-10H2,1-3H3. The van der Waals surface area contributed by atoms with Gasteiger partial charge in [-0.2, -0.15) is 16.9 Å². The second-order valence-corrected chi connectivity index (χ2v) is 6.78. The third kappa shape index (κ3) is 3.26. The lowest BCUT2D eigenvalue weighted by atomic mass is 10.1. The van der Waals surface area contributed by atoms with Crippen LogP contribution in [0.4, 0.5) is 0 Å². The lowest BCUT2D eigenvalue weighted by Gasteiger charge is -2.23. The summed E-state index contributed by atoms with van der Waals surface area (Å²) in [6.07, 6.45) is 2.71. The Kier molecular flexibility index (Phi) is 4.15. The molecule has 96 valence electrons. The maximum absolute atomic E-state index is 4.47. The van der Waals surface area contributed by atoms with E-state index in [-0.39, 0.29) is 0 Å². The monoisotopic (exact) mass is 253 g/mol. The molecule has 1 N–H and O–H groups in total. The van der Waals surface area contributed by atoms with Crippen LogP contribution in [-0.2, 0) is 13.1 Å². The van der Waals surface area contributed by atoms with Crippen molar-refractivity contribution in [2.75, 3.05) is 12.3 Å². The molecule has 0 spiro atoms. The van der Waals surface area contributed by atoms with Crippen LogP contribution in [0.3, 0.4) is 0 Å². The van der Waals surface area contributed by atoms with Gasteiger partial charge in [0.2, 0.25) is 0 Å². The molecule has 0 aliphatic carbocycles. The summed E-state index contributed by atoms with van der Waals surface area (Å²) in [5.74, 6) is 1.32. The van der Waals surface area contributed by atoms with E-state index in [0.29, 0.717) is 4.75 Å². The molecule has 1 aliphatic heterocycles. The number of aryl methyl sites for hydroxylation is 2. The zero-order valence-corrected chi connectivity index (χ0v) is 11.9. The zero-order chi connectivity index (χ0) is 12.3. The molecule has 1 fully saturated rings. The van der Waals surface area contributed by atoms with E-state index >= 15 is 0 Å². The molecule has 3 nitrogen and oxygen atoms in total. The van der Waals surface area contributed by atoms with Gasteiger partial charge >= 0.3 is 0 Å². The van der Waals surface area contributed by atoms with Crippen LogP contribution in [0.2, 0.25) is 0 Å². The third-order valence-corrected chi connectivity index (χ3v) is 4.93. The molecular formula is C13H23N3S. The lowest BCUT2D eigenvalue weighted by molar-refractivity contribution is 0.516. The Morgan fingerprint density at radius 2 is 2.41 bits per heavy atom. The largest absolute Gasteiger partial charge is 0.310 e. The minimum absolute atomic E-state index is 0.451. The fourth-order valence-corrected chi connectivity index (χ4v) is 3.72. The Morgan fingerprint density at radius 1 is 1.59 bits per heavy atom. The molecule has 1 aliphatic rings. The van der Waals surface area contributed by atoms with Crippen LogP contribution in [-0.4, -0.2) is 26.8 Å². The molecule has 2 heterocycles. The van der Waals surface area contributed by atoms with Crippen LogP contribution < -0.4 is 5.32 Å². The number of hydrogen-bond acceptors (Lipinski definition) is 3. The number of nitrogens with zero attached hydrogens (tertiary/aromatic N) is 2. The van der Waals surface area contributed by atoms with E-state index in [2.05, 4.69) is 53.7 Å². The van der Waals surface area contributed by atoms with Crippen LogP contribution in [0, 0.1) is 6.92 Å². The Bertz CT molecular complexity index is 367. The molecule has 1 aromatic rings. The second-order valence-electron chi connectivity index (χ2n) is 5.10. The van der Waals surface area contributed by atoms with E-state index in [1.54, 1.807) is 0 Å². The highest BCUT2D eigenvalue weighted by molar-refractivity contribution is 8.00. The van der Waals surface area contributed by atoms with Crippen LogP contribution in [0.5, 0.6) is 0 Å². The minimum atomic E-state index is 0.451. The van der Waals surface area contributed by atoms with Crippen molar-refractivity contribution in [3.05, 3.63) is 17.5 Å². The van der Waals surface area contributed by atoms with Gasteiger partial charge in [0.05, 0.1) is 11.4 Å². The maximum atomic E-state index is 4.47. The van der Waals surface area contributed by atoms with Gasteiger partial charge in [0.15, 0.2) is 0 Å².